The number of phenolic OH excluding ortho intramolecular Hbond substituents is 1. The maximum absolute atomic E-state index is 12.6. The van der Waals surface area contributed by atoms with E-state index >= 15 is 0 Å². The Labute approximate surface area is 153 Å². The first-order chi connectivity index (χ1) is 11.8. The first kappa shape index (κ1) is 19.1. The van der Waals surface area contributed by atoms with Crippen molar-refractivity contribution >= 4 is 23.3 Å². The van der Waals surface area contributed by atoms with Crippen molar-refractivity contribution in [1.82, 2.24) is 10.6 Å². The highest BCUT2D eigenvalue weighted by molar-refractivity contribution is 7.80. The van der Waals surface area contributed by atoms with Crippen LogP contribution in [0.4, 0.5) is 0 Å². The van der Waals surface area contributed by atoms with Crippen molar-refractivity contribution in [2.75, 3.05) is 13.2 Å². The van der Waals surface area contributed by atoms with Crippen LogP contribution in [0.1, 0.15) is 39.3 Å². The second-order valence-electron chi connectivity index (χ2n) is 6.22. The van der Waals surface area contributed by atoms with E-state index in [0.717, 1.165) is 5.56 Å². The second-order valence-corrected chi connectivity index (χ2v) is 6.63. The van der Waals surface area contributed by atoms with Gasteiger partial charge in [-0.3, -0.25) is 0 Å². The number of carbonyl (C=O) groups is 1. The highest BCUT2D eigenvalue weighted by Crippen LogP contribution is 2.34. The zero-order valence-electron chi connectivity index (χ0n) is 14.9. The van der Waals surface area contributed by atoms with Gasteiger partial charge in [0.05, 0.1) is 24.8 Å². The van der Waals surface area contributed by atoms with Gasteiger partial charge in [-0.15, -0.1) is 0 Å². The van der Waals surface area contributed by atoms with Crippen LogP contribution < -0.4 is 15.4 Å². The summed E-state index contributed by atoms with van der Waals surface area (Å²) in [5, 5.41) is 16.4. The molecule has 1 unspecified atom stereocenters. The van der Waals surface area contributed by atoms with Crippen LogP contribution in [0, 0.1) is 5.92 Å². The third-order valence-electron chi connectivity index (χ3n) is 3.65. The molecule has 0 spiro atoms. The molecule has 1 aromatic carbocycles. The van der Waals surface area contributed by atoms with Crippen molar-refractivity contribution in [3.05, 3.63) is 35.0 Å². The van der Waals surface area contributed by atoms with Gasteiger partial charge in [-0.25, -0.2) is 4.79 Å². The van der Waals surface area contributed by atoms with E-state index in [1.807, 2.05) is 20.8 Å². The summed E-state index contributed by atoms with van der Waals surface area (Å²) in [5.74, 6) is 0.252. The van der Waals surface area contributed by atoms with Crippen LogP contribution in [0.25, 0.3) is 0 Å². The lowest BCUT2D eigenvalue weighted by molar-refractivity contribution is -0.140. The van der Waals surface area contributed by atoms with Crippen LogP contribution in [0.15, 0.2) is 29.5 Å². The minimum Gasteiger partial charge on any atom is -0.504 e. The van der Waals surface area contributed by atoms with Gasteiger partial charge >= 0.3 is 5.97 Å². The molecule has 1 aliphatic rings. The van der Waals surface area contributed by atoms with Crippen LogP contribution >= 0.6 is 12.2 Å². The van der Waals surface area contributed by atoms with Gasteiger partial charge in [-0.05, 0) is 49.7 Å². The van der Waals surface area contributed by atoms with E-state index in [-0.39, 0.29) is 11.7 Å². The molecule has 0 aromatic heterocycles. The number of phenols is 1. The highest BCUT2D eigenvalue weighted by atomic mass is 32.1. The molecule has 6 nitrogen and oxygen atoms in total. The normalized spacial score (nSPS) is 17.2. The third kappa shape index (κ3) is 4.63. The molecular formula is C18H24N2O4S. The van der Waals surface area contributed by atoms with E-state index in [4.69, 9.17) is 21.7 Å². The number of benzene rings is 1. The Kier molecular flexibility index (Phi) is 6.25. The number of ether oxygens (including phenoxy) is 2. The van der Waals surface area contributed by atoms with E-state index in [0.29, 0.717) is 35.3 Å². The van der Waals surface area contributed by atoms with E-state index < -0.39 is 12.0 Å². The maximum Gasteiger partial charge on any atom is 0.338 e. The number of rotatable bonds is 6. The summed E-state index contributed by atoms with van der Waals surface area (Å²) in [4.78, 5) is 12.6. The fourth-order valence-electron chi connectivity index (χ4n) is 2.52. The number of allylic oxidation sites excluding steroid dienone is 1. The van der Waals surface area contributed by atoms with Crippen molar-refractivity contribution in [2.45, 2.75) is 33.7 Å². The summed E-state index contributed by atoms with van der Waals surface area (Å²) < 4.78 is 10.8. The van der Waals surface area contributed by atoms with Crippen LogP contribution in [0.3, 0.4) is 0 Å². The molecule has 0 saturated heterocycles. The molecule has 7 heteroatoms. The summed E-state index contributed by atoms with van der Waals surface area (Å²) in [6, 6.07) is 4.49. The Morgan fingerprint density at radius 1 is 1.40 bits per heavy atom. The van der Waals surface area contributed by atoms with Gasteiger partial charge in [0, 0.05) is 5.70 Å². The second kappa shape index (κ2) is 8.20. The molecule has 0 fully saturated rings. The fraction of sp³-hybridized carbons (Fsp3) is 0.444. The molecule has 1 aliphatic heterocycles. The van der Waals surface area contributed by atoms with Gasteiger partial charge in [0.25, 0.3) is 0 Å². The number of aromatic hydroxyl groups is 1. The minimum absolute atomic E-state index is 0.0479. The smallest absolute Gasteiger partial charge is 0.338 e. The predicted octanol–water partition coefficient (Wildman–Crippen LogP) is 2.78. The highest BCUT2D eigenvalue weighted by Gasteiger charge is 2.31. The number of hydrogen-bond acceptors (Lipinski definition) is 5. The number of esters is 1. The molecule has 0 saturated carbocycles. The van der Waals surface area contributed by atoms with Gasteiger partial charge in [0.2, 0.25) is 0 Å². The fourth-order valence-corrected chi connectivity index (χ4v) is 2.79. The Morgan fingerprint density at radius 2 is 2.12 bits per heavy atom. The monoisotopic (exact) mass is 364 g/mol. The van der Waals surface area contributed by atoms with Gasteiger partial charge in [0.15, 0.2) is 16.6 Å². The molecule has 25 heavy (non-hydrogen) atoms. The lowest BCUT2D eigenvalue weighted by atomic mass is 9.95. The van der Waals surface area contributed by atoms with Gasteiger partial charge in [0.1, 0.15) is 0 Å². The molecule has 1 heterocycles. The average Bonchev–Trinajstić information content (AvgIpc) is 2.54. The standard InChI is InChI=1S/C18H24N2O4S/c1-5-23-14-8-12(6-7-13(14)21)16-15(11(4)19-18(25)20-16)17(22)24-9-10(2)3/h6-8,10,16,21H,5,9H2,1-4H3,(H2,19,20,25). The number of carbonyl (C=O) groups excluding carboxylic acids is 1. The lowest BCUT2D eigenvalue weighted by Crippen LogP contribution is -2.45. The third-order valence-corrected chi connectivity index (χ3v) is 3.87. The van der Waals surface area contributed by atoms with Crippen molar-refractivity contribution < 1.29 is 19.4 Å². The topological polar surface area (TPSA) is 79.8 Å². The summed E-state index contributed by atoms with van der Waals surface area (Å²) in [7, 11) is 0. The van der Waals surface area contributed by atoms with E-state index in [2.05, 4.69) is 10.6 Å². The van der Waals surface area contributed by atoms with Crippen molar-refractivity contribution in [2.24, 2.45) is 5.92 Å². The average molecular weight is 364 g/mol. The molecule has 3 N–H and O–H groups in total. The van der Waals surface area contributed by atoms with E-state index in [1.165, 1.54) is 0 Å². The molecule has 1 atom stereocenters. The summed E-state index contributed by atoms with van der Waals surface area (Å²) in [5.41, 5.74) is 1.86. The summed E-state index contributed by atoms with van der Waals surface area (Å²) in [6.07, 6.45) is 0. The van der Waals surface area contributed by atoms with E-state index in [1.54, 1.807) is 25.1 Å². The largest absolute Gasteiger partial charge is 0.504 e. The first-order valence-corrected chi connectivity index (χ1v) is 8.65. The maximum atomic E-state index is 12.6. The van der Waals surface area contributed by atoms with Crippen LogP contribution in [0.5, 0.6) is 11.5 Å². The van der Waals surface area contributed by atoms with Crippen LogP contribution in [0.2, 0.25) is 0 Å². The van der Waals surface area contributed by atoms with Crippen LogP contribution in [-0.2, 0) is 9.53 Å². The molecular weight excluding hydrogens is 340 g/mol. The molecule has 136 valence electrons. The predicted molar refractivity (Wildman–Crippen MR) is 99.4 cm³/mol. The summed E-state index contributed by atoms with van der Waals surface area (Å²) >= 11 is 5.23. The number of nitrogens with one attached hydrogen (secondary N) is 2. The van der Waals surface area contributed by atoms with Crippen molar-refractivity contribution in [1.29, 1.82) is 0 Å². The van der Waals surface area contributed by atoms with E-state index in [9.17, 15) is 9.90 Å². The van der Waals surface area contributed by atoms with Gasteiger partial charge in [-0.2, -0.15) is 0 Å². The van der Waals surface area contributed by atoms with Crippen LogP contribution in [-0.4, -0.2) is 29.4 Å². The Hall–Kier alpha value is -2.28. The minimum atomic E-state index is -0.479. The number of hydrogen-bond donors (Lipinski definition) is 3. The van der Waals surface area contributed by atoms with Gasteiger partial charge < -0.3 is 25.2 Å². The van der Waals surface area contributed by atoms with Crippen molar-refractivity contribution in [3.63, 3.8) is 0 Å². The molecule has 0 aliphatic carbocycles. The molecule has 2 rings (SSSR count). The molecule has 0 radical (unpaired) electrons. The Bertz CT molecular complexity index is 700. The van der Waals surface area contributed by atoms with Gasteiger partial charge in [-0.1, -0.05) is 19.9 Å². The molecule has 0 amide bonds. The van der Waals surface area contributed by atoms with Crippen molar-refractivity contribution in [3.8, 4) is 11.5 Å². The molecule has 0 bridgehead atoms. The Balaban J connectivity index is 2.38. The quantitative estimate of drug-likeness (QED) is 0.529. The molecule has 1 aromatic rings. The zero-order chi connectivity index (χ0) is 18.6. The zero-order valence-corrected chi connectivity index (χ0v) is 15.7. The number of thiocarbonyl (C=S) groups is 1. The first-order valence-electron chi connectivity index (χ1n) is 8.24. The summed E-state index contributed by atoms with van der Waals surface area (Å²) in [6.45, 7) is 8.35. The SMILES string of the molecule is CCOc1cc(C2NC(=S)NC(C)=C2C(=O)OCC(C)C)ccc1O. The lowest BCUT2D eigenvalue weighted by Gasteiger charge is -2.30. The Morgan fingerprint density at radius 3 is 2.76 bits per heavy atom.